The largest absolute Gasteiger partial charge is 0.458 e. The lowest BCUT2D eigenvalue weighted by molar-refractivity contribution is 0.101. The van der Waals surface area contributed by atoms with E-state index in [1.54, 1.807) is 7.11 Å². The molecule has 1 aromatic heterocycles. The first-order chi connectivity index (χ1) is 6.31. The summed E-state index contributed by atoms with van der Waals surface area (Å²) in [6.45, 7) is 1.97. The first kappa shape index (κ1) is 8.32. The number of para-hydroxylation sites is 1. The molecule has 0 bridgehead atoms. The van der Waals surface area contributed by atoms with E-state index in [4.69, 9.17) is 9.15 Å². The zero-order chi connectivity index (χ0) is 9.26. The highest BCUT2D eigenvalue weighted by Gasteiger charge is 2.09. The Balaban J connectivity index is 2.49. The maximum atomic E-state index is 5.60. The summed E-state index contributed by atoms with van der Waals surface area (Å²) in [5.74, 6) is 0.878. The second-order valence-corrected chi connectivity index (χ2v) is 3.06. The van der Waals surface area contributed by atoms with E-state index in [2.05, 4.69) is 0 Å². The molecule has 0 N–H and O–H groups in total. The molecule has 1 heterocycles. The van der Waals surface area contributed by atoms with Crippen LogP contribution in [0, 0.1) is 0 Å². The van der Waals surface area contributed by atoms with Gasteiger partial charge in [0.1, 0.15) is 17.4 Å². The van der Waals surface area contributed by atoms with Gasteiger partial charge in [0.15, 0.2) is 0 Å². The summed E-state index contributed by atoms with van der Waals surface area (Å²) in [7, 11) is 1.68. The van der Waals surface area contributed by atoms with Crippen molar-refractivity contribution in [1.82, 2.24) is 0 Å². The van der Waals surface area contributed by atoms with Crippen LogP contribution in [0.3, 0.4) is 0 Å². The van der Waals surface area contributed by atoms with E-state index in [0.29, 0.717) is 0 Å². The van der Waals surface area contributed by atoms with Crippen molar-refractivity contribution in [2.24, 2.45) is 0 Å². The second-order valence-electron chi connectivity index (χ2n) is 3.06. The molecule has 13 heavy (non-hydrogen) atoms. The zero-order valence-electron chi connectivity index (χ0n) is 7.78. The average Bonchev–Trinajstić information content (AvgIpc) is 2.59. The van der Waals surface area contributed by atoms with Gasteiger partial charge < -0.3 is 9.15 Å². The minimum absolute atomic E-state index is 0.0207. The minimum atomic E-state index is 0.0207. The molecule has 1 unspecified atom stereocenters. The van der Waals surface area contributed by atoms with E-state index in [1.807, 2.05) is 37.3 Å². The SMILES string of the molecule is COC(C)c1cc2ccccc2o1. The quantitative estimate of drug-likeness (QED) is 0.701. The van der Waals surface area contributed by atoms with Crippen LogP contribution in [0.15, 0.2) is 34.7 Å². The molecule has 1 aromatic carbocycles. The smallest absolute Gasteiger partial charge is 0.134 e. The Bertz CT molecular complexity index is 370. The summed E-state index contributed by atoms with van der Waals surface area (Å²) < 4.78 is 10.8. The van der Waals surface area contributed by atoms with Gasteiger partial charge in [-0.3, -0.25) is 0 Å². The number of ether oxygens (including phenoxy) is 1. The molecule has 0 aliphatic heterocycles. The fourth-order valence-corrected chi connectivity index (χ4v) is 1.32. The minimum Gasteiger partial charge on any atom is -0.458 e. The molecule has 0 aliphatic rings. The number of methoxy groups -OCH3 is 1. The van der Waals surface area contributed by atoms with E-state index >= 15 is 0 Å². The number of rotatable bonds is 2. The maximum absolute atomic E-state index is 5.60. The van der Waals surface area contributed by atoms with Crippen LogP contribution in [-0.2, 0) is 4.74 Å². The molecule has 0 saturated carbocycles. The lowest BCUT2D eigenvalue weighted by Crippen LogP contribution is -1.91. The molecule has 2 heteroatoms. The first-order valence-electron chi connectivity index (χ1n) is 4.32. The van der Waals surface area contributed by atoms with Crippen molar-refractivity contribution < 1.29 is 9.15 Å². The monoisotopic (exact) mass is 176 g/mol. The van der Waals surface area contributed by atoms with Gasteiger partial charge in [-0.05, 0) is 19.1 Å². The van der Waals surface area contributed by atoms with Gasteiger partial charge in [-0.1, -0.05) is 18.2 Å². The van der Waals surface area contributed by atoms with E-state index in [9.17, 15) is 0 Å². The normalized spacial score (nSPS) is 13.4. The van der Waals surface area contributed by atoms with Crippen LogP contribution >= 0.6 is 0 Å². The Morgan fingerprint density at radius 1 is 1.31 bits per heavy atom. The molecule has 2 rings (SSSR count). The number of hydrogen-bond donors (Lipinski definition) is 0. The first-order valence-corrected chi connectivity index (χ1v) is 4.32. The van der Waals surface area contributed by atoms with Gasteiger partial charge in [0.2, 0.25) is 0 Å². The molecule has 2 nitrogen and oxygen atoms in total. The number of furan rings is 1. The number of fused-ring (bicyclic) bond motifs is 1. The molecule has 1 atom stereocenters. The summed E-state index contributed by atoms with van der Waals surface area (Å²) in [5.41, 5.74) is 0.918. The Hall–Kier alpha value is -1.28. The third kappa shape index (κ3) is 1.45. The van der Waals surface area contributed by atoms with E-state index < -0.39 is 0 Å². The highest BCUT2D eigenvalue weighted by molar-refractivity contribution is 5.77. The van der Waals surface area contributed by atoms with Crippen molar-refractivity contribution in [2.45, 2.75) is 13.0 Å². The fraction of sp³-hybridized carbons (Fsp3) is 0.273. The Labute approximate surface area is 77.1 Å². The lowest BCUT2D eigenvalue weighted by Gasteiger charge is -2.03. The molecule has 0 fully saturated rings. The molecule has 0 spiro atoms. The van der Waals surface area contributed by atoms with Gasteiger partial charge in [0.25, 0.3) is 0 Å². The van der Waals surface area contributed by atoms with Crippen LogP contribution in [0.25, 0.3) is 11.0 Å². The number of hydrogen-bond acceptors (Lipinski definition) is 2. The molecule has 0 saturated heterocycles. The average molecular weight is 176 g/mol. The van der Waals surface area contributed by atoms with E-state index in [-0.39, 0.29) is 6.10 Å². The lowest BCUT2D eigenvalue weighted by atomic mass is 10.2. The Morgan fingerprint density at radius 3 is 2.77 bits per heavy atom. The van der Waals surface area contributed by atoms with Crippen LogP contribution in [0.1, 0.15) is 18.8 Å². The third-order valence-electron chi connectivity index (χ3n) is 2.20. The zero-order valence-corrected chi connectivity index (χ0v) is 7.78. The molecular weight excluding hydrogens is 164 g/mol. The van der Waals surface area contributed by atoms with Crippen LogP contribution in [0.2, 0.25) is 0 Å². The fourth-order valence-electron chi connectivity index (χ4n) is 1.32. The summed E-state index contributed by atoms with van der Waals surface area (Å²) in [5, 5.41) is 1.13. The van der Waals surface area contributed by atoms with Crippen molar-refractivity contribution >= 4 is 11.0 Å². The van der Waals surface area contributed by atoms with Gasteiger partial charge in [-0.2, -0.15) is 0 Å². The summed E-state index contributed by atoms with van der Waals surface area (Å²) >= 11 is 0. The van der Waals surface area contributed by atoms with Crippen molar-refractivity contribution in [3.63, 3.8) is 0 Å². The summed E-state index contributed by atoms with van der Waals surface area (Å²) in [6, 6.07) is 9.97. The molecule has 0 radical (unpaired) electrons. The van der Waals surface area contributed by atoms with E-state index in [1.165, 1.54) is 0 Å². The van der Waals surface area contributed by atoms with Crippen LogP contribution < -0.4 is 0 Å². The number of benzene rings is 1. The van der Waals surface area contributed by atoms with Gasteiger partial charge in [0.05, 0.1) is 0 Å². The van der Waals surface area contributed by atoms with Crippen molar-refractivity contribution in [3.05, 3.63) is 36.1 Å². The van der Waals surface area contributed by atoms with Crippen LogP contribution in [0.5, 0.6) is 0 Å². The maximum Gasteiger partial charge on any atom is 0.134 e. The predicted octanol–water partition coefficient (Wildman–Crippen LogP) is 3.14. The van der Waals surface area contributed by atoms with Gasteiger partial charge in [-0.15, -0.1) is 0 Å². The van der Waals surface area contributed by atoms with Crippen LogP contribution in [0.4, 0.5) is 0 Å². The molecular formula is C11H12O2. The van der Waals surface area contributed by atoms with Crippen molar-refractivity contribution in [3.8, 4) is 0 Å². The summed E-state index contributed by atoms with van der Waals surface area (Å²) in [4.78, 5) is 0. The van der Waals surface area contributed by atoms with E-state index in [0.717, 1.165) is 16.7 Å². The molecule has 0 amide bonds. The third-order valence-corrected chi connectivity index (χ3v) is 2.20. The standard InChI is InChI=1S/C11H12O2/c1-8(12-2)11-7-9-5-3-4-6-10(9)13-11/h3-8H,1-2H3. The molecule has 0 aliphatic carbocycles. The second kappa shape index (κ2) is 3.23. The van der Waals surface area contributed by atoms with Gasteiger partial charge in [-0.25, -0.2) is 0 Å². The van der Waals surface area contributed by atoms with Crippen molar-refractivity contribution in [2.75, 3.05) is 7.11 Å². The summed E-state index contributed by atoms with van der Waals surface area (Å²) in [6.07, 6.45) is 0.0207. The molecule has 68 valence electrons. The topological polar surface area (TPSA) is 22.4 Å². The Kier molecular flexibility index (Phi) is 2.07. The Morgan fingerprint density at radius 2 is 2.08 bits per heavy atom. The van der Waals surface area contributed by atoms with Crippen LogP contribution in [-0.4, -0.2) is 7.11 Å². The van der Waals surface area contributed by atoms with Gasteiger partial charge in [0, 0.05) is 12.5 Å². The predicted molar refractivity (Wildman–Crippen MR) is 51.6 cm³/mol. The van der Waals surface area contributed by atoms with Gasteiger partial charge >= 0.3 is 0 Å². The molecule has 2 aromatic rings. The highest BCUT2D eigenvalue weighted by Crippen LogP contribution is 2.24. The van der Waals surface area contributed by atoms with Crippen molar-refractivity contribution in [1.29, 1.82) is 0 Å². The highest BCUT2D eigenvalue weighted by atomic mass is 16.5.